The number of rotatable bonds is 4. The minimum atomic E-state index is -0.107. The van der Waals surface area contributed by atoms with Crippen LogP contribution in [-0.2, 0) is 0 Å². The Bertz CT molecular complexity index is 619. The van der Waals surface area contributed by atoms with Gasteiger partial charge in [0.25, 0.3) is 5.91 Å². The molecular weight excluding hydrogens is 250 g/mol. The molecule has 0 aliphatic carbocycles. The van der Waals surface area contributed by atoms with E-state index in [1.807, 2.05) is 31.2 Å². The molecule has 2 aromatic carbocycles. The van der Waals surface area contributed by atoms with Crippen molar-refractivity contribution < 1.29 is 9.90 Å². The molecule has 106 valence electrons. The minimum Gasteiger partial charge on any atom is -0.507 e. The van der Waals surface area contributed by atoms with Gasteiger partial charge in [-0.15, -0.1) is 0 Å². The molecule has 3 nitrogen and oxygen atoms in total. The average Bonchev–Trinajstić information content (AvgIpc) is 2.43. The summed E-state index contributed by atoms with van der Waals surface area (Å²) in [6, 6.07) is 11.2. The first kappa shape index (κ1) is 14.4. The van der Waals surface area contributed by atoms with E-state index in [-0.39, 0.29) is 11.7 Å². The van der Waals surface area contributed by atoms with Crippen molar-refractivity contribution in [1.82, 2.24) is 4.90 Å². The molecule has 0 aliphatic heterocycles. The summed E-state index contributed by atoms with van der Waals surface area (Å²) in [4.78, 5) is 14.3. The highest BCUT2D eigenvalue weighted by Gasteiger charge is 2.19. The summed E-state index contributed by atoms with van der Waals surface area (Å²) in [5.74, 6) is 0.349. The Morgan fingerprint density at radius 3 is 2.35 bits per heavy atom. The van der Waals surface area contributed by atoms with E-state index in [2.05, 4.69) is 13.8 Å². The molecule has 2 aromatic rings. The smallest absolute Gasteiger partial charge is 0.257 e. The van der Waals surface area contributed by atoms with Gasteiger partial charge in [0.1, 0.15) is 5.75 Å². The summed E-state index contributed by atoms with van der Waals surface area (Å²) in [5, 5.41) is 12.0. The molecule has 0 bridgehead atoms. The number of carbonyl (C=O) groups is 1. The molecule has 0 aromatic heterocycles. The lowest BCUT2D eigenvalue weighted by atomic mass is 10.0. The Hall–Kier alpha value is -2.03. The predicted octanol–water partition coefficient (Wildman–Crippen LogP) is 3.66. The number of phenolic OH excluding ortho intramolecular Hbond substituents is 1. The van der Waals surface area contributed by atoms with Gasteiger partial charge in [-0.05, 0) is 35.7 Å². The fourth-order valence-corrected chi connectivity index (χ4v) is 2.37. The molecule has 20 heavy (non-hydrogen) atoms. The molecule has 3 heteroatoms. The molecule has 0 atom stereocenters. The van der Waals surface area contributed by atoms with Gasteiger partial charge < -0.3 is 10.0 Å². The Labute approximate surface area is 119 Å². The highest BCUT2D eigenvalue weighted by Crippen LogP contribution is 2.26. The number of hydrogen-bond acceptors (Lipinski definition) is 2. The molecule has 0 fully saturated rings. The predicted molar refractivity (Wildman–Crippen MR) is 82.0 cm³/mol. The first-order valence-electron chi connectivity index (χ1n) is 7.04. The van der Waals surface area contributed by atoms with Crippen LogP contribution < -0.4 is 0 Å². The largest absolute Gasteiger partial charge is 0.507 e. The van der Waals surface area contributed by atoms with Crippen molar-refractivity contribution >= 4 is 16.7 Å². The number of nitrogens with zero attached hydrogens (tertiary/aromatic N) is 1. The van der Waals surface area contributed by atoms with Crippen LogP contribution in [0.5, 0.6) is 5.75 Å². The first-order valence-corrected chi connectivity index (χ1v) is 7.04. The van der Waals surface area contributed by atoms with Gasteiger partial charge in [-0.3, -0.25) is 4.79 Å². The van der Waals surface area contributed by atoms with Gasteiger partial charge in [0.2, 0.25) is 0 Å². The van der Waals surface area contributed by atoms with E-state index >= 15 is 0 Å². The van der Waals surface area contributed by atoms with Crippen molar-refractivity contribution in [3.05, 3.63) is 42.0 Å². The van der Waals surface area contributed by atoms with Gasteiger partial charge >= 0.3 is 0 Å². The van der Waals surface area contributed by atoms with Crippen LogP contribution in [0.1, 0.15) is 31.1 Å². The van der Waals surface area contributed by atoms with Crippen LogP contribution >= 0.6 is 0 Å². The lowest BCUT2D eigenvalue weighted by molar-refractivity contribution is 0.0743. The molecule has 0 aliphatic rings. The van der Waals surface area contributed by atoms with Crippen molar-refractivity contribution in [2.75, 3.05) is 13.1 Å². The van der Waals surface area contributed by atoms with E-state index in [1.165, 1.54) is 0 Å². The third kappa shape index (κ3) is 2.93. The summed E-state index contributed by atoms with van der Waals surface area (Å²) < 4.78 is 0. The van der Waals surface area contributed by atoms with Gasteiger partial charge in [-0.1, -0.05) is 38.1 Å². The zero-order valence-electron chi connectivity index (χ0n) is 12.3. The van der Waals surface area contributed by atoms with E-state index in [4.69, 9.17) is 0 Å². The monoisotopic (exact) mass is 271 g/mol. The normalized spacial score (nSPS) is 11.0. The van der Waals surface area contributed by atoms with Gasteiger partial charge in [0, 0.05) is 13.1 Å². The minimum absolute atomic E-state index is 0.0518. The van der Waals surface area contributed by atoms with Crippen LogP contribution in [0, 0.1) is 5.92 Å². The molecule has 0 unspecified atom stereocenters. The maximum absolute atomic E-state index is 12.5. The number of aromatic hydroxyl groups is 1. The van der Waals surface area contributed by atoms with E-state index < -0.39 is 0 Å². The fourth-order valence-electron chi connectivity index (χ4n) is 2.37. The molecule has 0 heterocycles. The lowest BCUT2D eigenvalue weighted by Gasteiger charge is -2.23. The zero-order valence-corrected chi connectivity index (χ0v) is 12.3. The summed E-state index contributed by atoms with van der Waals surface area (Å²) in [6.07, 6.45) is 0. The second-order valence-corrected chi connectivity index (χ2v) is 5.45. The maximum atomic E-state index is 12.5. The zero-order chi connectivity index (χ0) is 14.7. The second kappa shape index (κ2) is 5.95. The van der Waals surface area contributed by atoms with E-state index in [9.17, 15) is 9.90 Å². The molecule has 0 spiro atoms. The third-order valence-corrected chi connectivity index (χ3v) is 3.35. The quantitative estimate of drug-likeness (QED) is 0.921. The van der Waals surface area contributed by atoms with E-state index in [0.717, 1.165) is 10.8 Å². The van der Waals surface area contributed by atoms with Crippen LogP contribution in [0.15, 0.2) is 36.4 Å². The van der Waals surface area contributed by atoms with Gasteiger partial charge in [-0.25, -0.2) is 0 Å². The summed E-state index contributed by atoms with van der Waals surface area (Å²) in [5.41, 5.74) is 0.381. The van der Waals surface area contributed by atoms with E-state index in [1.54, 1.807) is 17.0 Å². The molecule has 0 saturated carbocycles. The first-order chi connectivity index (χ1) is 9.52. The topological polar surface area (TPSA) is 40.5 Å². The van der Waals surface area contributed by atoms with Crippen molar-refractivity contribution in [3.63, 3.8) is 0 Å². The standard InChI is InChI=1S/C17H21NO2/c1-4-18(11-12(2)3)17(20)15-9-13-7-5-6-8-14(13)10-16(15)19/h5-10,12,19H,4,11H2,1-3H3. The highest BCUT2D eigenvalue weighted by molar-refractivity contribution is 6.01. The highest BCUT2D eigenvalue weighted by atomic mass is 16.3. The summed E-state index contributed by atoms with van der Waals surface area (Å²) in [7, 11) is 0. The van der Waals surface area contributed by atoms with Crippen LogP contribution in [0.25, 0.3) is 10.8 Å². The lowest BCUT2D eigenvalue weighted by Crippen LogP contribution is -2.34. The molecular formula is C17H21NO2. The number of fused-ring (bicyclic) bond motifs is 1. The number of carbonyl (C=O) groups excluding carboxylic acids is 1. The Morgan fingerprint density at radius 2 is 1.80 bits per heavy atom. The number of hydrogen-bond donors (Lipinski definition) is 1. The third-order valence-electron chi connectivity index (χ3n) is 3.35. The van der Waals surface area contributed by atoms with Gasteiger partial charge in [0.15, 0.2) is 0 Å². The Morgan fingerprint density at radius 1 is 1.20 bits per heavy atom. The van der Waals surface area contributed by atoms with Gasteiger partial charge in [0.05, 0.1) is 5.56 Å². The molecule has 1 N–H and O–H groups in total. The average molecular weight is 271 g/mol. The van der Waals surface area contributed by atoms with Crippen LogP contribution in [0.3, 0.4) is 0 Å². The SMILES string of the molecule is CCN(CC(C)C)C(=O)c1cc2ccccc2cc1O. The van der Waals surface area contributed by atoms with Crippen molar-refractivity contribution in [1.29, 1.82) is 0 Å². The number of amides is 1. The van der Waals surface area contributed by atoms with E-state index in [0.29, 0.717) is 24.6 Å². The number of phenols is 1. The summed E-state index contributed by atoms with van der Waals surface area (Å²) >= 11 is 0. The fraction of sp³-hybridized carbons (Fsp3) is 0.353. The second-order valence-electron chi connectivity index (χ2n) is 5.45. The van der Waals surface area contributed by atoms with Gasteiger partial charge in [-0.2, -0.15) is 0 Å². The van der Waals surface area contributed by atoms with Crippen LogP contribution in [0.4, 0.5) is 0 Å². The van der Waals surface area contributed by atoms with Crippen LogP contribution in [-0.4, -0.2) is 29.0 Å². The summed E-state index contributed by atoms with van der Waals surface area (Å²) in [6.45, 7) is 7.45. The maximum Gasteiger partial charge on any atom is 0.257 e. The number of benzene rings is 2. The Kier molecular flexibility index (Phi) is 4.28. The van der Waals surface area contributed by atoms with Crippen LogP contribution in [0.2, 0.25) is 0 Å². The van der Waals surface area contributed by atoms with Crippen molar-refractivity contribution in [3.8, 4) is 5.75 Å². The molecule has 1 amide bonds. The molecule has 0 saturated heterocycles. The van der Waals surface area contributed by atoms with Crippen molar-refractivity contribution in [2.45, 2.75) is 20.8 Å². The van der Waals surface area contributed by atoms with Crippen molar-refractivity contribution in [2.24, 2.45) is 5.92 Å². The molecule has 0 radical (unpaired) electrons. The Balaban J connectivity index is 2.40. The molecule has 2 rings (SSSR count).